The van der Waals surface area contributed by atoms with Crippen molar-refractivity contribution in [2.75, 3.05) is 5.32 Å². The number of nitrogens with one attached hydrogen (secondary N) is 2. The van der Waals surface area contributed by atoms with Crippen molar-refractivity contribution in [1.82, 2.24) is 5.32 Å². The van der Waals surface area contributed by atoms with Gasteiger partial charge in [-0.2, -0.15) is 0 Å². The highest BCUT2D eigenvalue weighted by Gasteiger charge is 2.07. The summed E-state index contributed by atoms with van der Waals surface area (Å²) >= 11 is 11.0. The van der Waals surface area contributed by atoms with Crippen molar-refractivity contribution < 1.29 is 9.53 Å². The number of ether oxygens (including phenoxy) is 1. The van der Waals surface area contributed by atoms with Gasteiger partial charge >= 0.3 is 0 Å². The molecule has 0 radical (unpaired) electrons. The van der Waals surface area contributed by atoms with E-state index in [0.29, 0.717) is 5.02 Å². The predicted molar refractivity (Wildman–Crippen MR) is 102 cm³/mol. The Bertz CT molecular complexity index is 717. The van der Waals surface area contributed by atoms with E-state index in [1.807, 2.05) is 50.2 Å². The van der Waals surface area contributed by atoms with Crippen LogP contribution in [0.25, 0.3) is 0 Å². The molecule has 2 aromatic carbocycles. The molecule has 4 nitrogen and oxygen atoms in total. The Balaban J connectivity index is 1.88. The van der Waals surface area contributed by atoms with E-state index in [-0.39, 0.29) is 23.5 Å². The van der Waals surface area contributed by atoms with Gasteiger partial charge in [0, 0.05) is 16.8 Å². The first-order chi connectivity index (χ1) is 11.4. The van der Waals surface area contributed by atoms with Crippen LogP contribution in [0.5, 0.6) is 5.75 Å². The van der Waals surface area contributed by atoms with Crippen LogP contribution in [0.2, 0.25) is 5.02 Å². The van der Waals surface area contributed by atoms with E-state index in [4.69, 9.17) is 28.6 Å². The van der Waals surface area contributed by atoms with Crippen molar-refractivity contribution in [2.45, 2.75) is 26.4 Å². The molecule has 2 rings (SSSR count). The van der Waals surface area contributed by atoms with E-state index in [2.05, 4.69) is 10.6 Å². The summed E-state index contributed by atoms with van der Waals surface area (Å²) in [5.41, 5.74) is 1.62. The molecule has 0 fully saturated rings. The monoisotopic (exact) mass is 362 g/mol. The van der Waals surface area contributed by atoms with Gasteiger partial charge in [-0.1, -0.05) is 29.8 Å². The van der Waals surface area contributed by atoms with Crippen LogP contribution in [0.4, 0.5) is 5.69 Å². The Kier molecular flexibility index (Phi) is 6.58. The molecule has 0 aliphatic rings. The summed E-state index contributed by atoms with van der Waals surface area (Å²) in [6.45, 7) is 3.92. The fourth-order valence-corrected chi connectivity index (χ4v) is 2.40. The number of hydrogen-bond donors (Lipinski definition) is 2. The quantitative estimate of drug-likeness (QED) is 0.783. The topological polar surface area (TPSA) is 50.4 Å². The lowest BCUT2D eigenvalue weighted by atomic mass is 10.1. The lowest BCUT2D eigenvalue weighted by Crippen LogP contribution is -2.35. The Morgan fingerprint density at radius 2 is 1.92 bits per heavy atom. The van der Waals surface area contributed by atoms with Gasteiger partial charge in [-0.25, -0.2) is 0 Å². The molecule has 0 aromatic heterocycles. The van der Waals surface area contributed by atoms with Crippen LogP contribution < -0.4 is 15.4 Å². The van der Waals surface area contributed by atoms with Crippen molar-refractivity contribution in [3.05, 3.63) is 59.1 Å². The fourth-order valence-electron chi connectivity index (χ4n) is 2.04. The second-order valence-corrected chi connectivity index (χ2v) is 6.34. The molecule has 0 atom stereocenters. The number of carbonyl (C=O) groups excluding carboxylic acids is 1. The number of halogens is 1. The summed E-state index contributed by atoms with van der Waals surface area (Å²) in [6, 6.07) is 14.5. The van der Waals surface area contributed by atoms with Gasteiger partial charge in [-0.05, 0) is 55.9 Å². The van der Waals surface area contributed by atoms with Gasteiger partial charge in [0.25, 0.3) is 0 Å². The minimum absolute atomic E-state index is 0.0891. The third-order valence-electron chi connectivity index (χ3n) is 2.99. The normalized spacial score (nSPS) is 10.3. The molecule has 0 unspecified atom stereocenters. The Morgan fingerprint density at radius 3 is 2.58 bits per heavy atom. The summed E-state index contributed by atoms with van der Waals surface area (Å²) in [7, 11) is 0. The van der Waals surface area contributed by atoms with E-state index >= 15 is 0 Å². The van der Waals surface area contributed by atoms with Crippen LogP contribution in [-0.4, -0.2) is 17.1 Å². The van der Waals surface area contributed by atoms with Crippen molar-refractivity contribution in [2.24, 2.45) is 0 Å². The van der Waals surface area contributed by atoms with Crippen LogP contribution in [0.15, 0.2) is 48.5 Å². The zero-order valence-corrected chi connectivity index (χ0v) is 15.1. The number of amides is 1. The van der Waals surface area contributed by atoms with Gasteiger partial charge in [0.1, 0.15) is 5.75 Å². The molecule has 0 heterocycles. The largest absolute Gasteiger partial charge is 0.491 e. The third-order valence-corrected chi connectivity index (χ3v) is 3.45. The molecule has 0 aliphatic heterocycles. The minimum Gasteiger partial charge on any atom is -0.491 e. The van der Waals surface area contributed by atoms with Crippen molar-refractivity contribution in [3.63, 3.8) is 0 Å². The lowest BCUT2D eigenvalue weighted by molar-refractivity contribution is -0.119. The molecule has 24 heavy (non-hydrogen) atoms. The molecule has 6 heteroatoms. The molecule has 2 N–H and O–H groups in total. The third kappa shape index (κ3) is 6.18. The van der Waals surface area contributed by atoms with Gasteiger partial charge in [-0.3, -0.25) is 4.79 Å². The van der Waals surface area contributed by atoms with Crippen LogP contribution in [0, 0.1) is 0 Å². The van der Waals surface area contributed by atoms with Crippen molar-refractivity contribution in [1.29, 1.82) is 0 Å². The zero-order valence-electron chi connectivity index (χ0n) is 13.5. The minimum atomic E-state index is -0.190. The standard InChI is InChI=1S/C18H19ClN2O2S/c1-12(2)23-16-5-3-4-15(11-16)20-18(24)21-17(22)10-13-6-8-14(19)9-7-13/h3-9,11-12H,10H2,1-2H3,(H2,20,21,22,24). The Morgan fingerprint density at radius 1 is 1.21 bits per heavy atom. The predicted octanol–water partition coefficient (Wildman–Crippen LogP) is 4.18. The maximum absolute atomic E-state index is 12.0. The lowest BCUT2D eigenvalue weighted by Gasteiger charge is -2.13. The summed E-state index contributed by atoms with van der Waals surface area (Å²) < 4.78 is 5.62. The molecule has 0 bridgehead atoms. The Hall–Kier alpha value is -2.11. The molecular formula is C18H19ClN2O2S. The highest BCUT2D eigenvalue weighted by molar-refractivity contribution is 7.80. The first-order valence-electron chi connectivity index (χ1n) is 7.54. The second-order valence-electron chi connectivity index (χ2n) is 5.50. The summed E-state index contributed by atoms with van der Waals surface area (Å²) in [6.07, 6.45) is 0.321. The number of hydrogen-bond acceptors (Lipinski definition) is 3. The summed E-state index contributed by atoms with van der Waals surface area (Å²) in [5.74, 6) is 0.551. The van der Waals surface area contributed by atoms with Gasteiger partial charge in [0.15, 0.2) is 5.11 Å². The van der Waals surface area contributed by atoms with Crippen LogP contribution >= 0.6 is 23.8 Å². The van der Waals surface area contributed by atoms with Gasteiger partial charge < -0.3 is 15.4 Å². The highest BCUT2D eigenvalue weighted by Crippen LogP contribution is 2.18. The SMILES string of the molecule is CC(C)Oc1cccc(NC(=S)NC(=O)Cc2ccc(Cl)cc2)c1. The molecule has 0 spiro atoms. The number of carbonyl (C=O) groups is 1. The molecule has 126 valence electrons. The van der Waals surface area contributed by atoms with Gasteiger partial charge in [-0.15, -0.1) is 0 Å². The van der Waals surface area contributed by atoms with Gasteiger partial charge in [0.05, 0.1) is 12.5 Å². The van der Waals surface area contributed by atoms with Crippen LogP contribution in [0.1, 0.15) is 19.4 Å². The molecular weight excluding hydrogens is 344 g/mol. The fraction of sp³-hybridized carbons (Fsp3) is 0.222. The maximum Gasteiger partial charge on any atom is 0.230 e. The maximum atomic E-state index is 12.0. The second kappa shape index (κ2) is 8.66. The van der Waals surface area contributed by atoms with E-state index in [1.165, 1.54) is 0 Å². The summed E-state index contributed by atoms with van der Waals surface area (Å²) in [4.78, 5) is 12.0. The number of rotatable bonds is 5. The highest BCUT2D eigenvalue weighted by atomic mass is 35.5. The molecule has 0 saturated heterocycles. The smallest absolute Gasteiger partial charge is 0.230 e. The summed E-state index contributed by atoms with van der Waals surface area (Å²) in [5, 5.41) is 6.52. The zero-order chi connectivity index (χ0) is 17.5. The van der Waals surface area contributed by atoms with E-state index in [9.17, 15) is 4.79 Å². The van der Waals surface area contributed by atoms with Crippen LogP contribution in [-0.2, 0) is 11.2 Å². The van der Waals surface area contributed by atoms with Crippen molar-refractivity contribution >= 4 is 40.5 Å². The van der Waals surface area contributed by atoms with Crippen molar-refractivity contribution in [3.8, 4) is 5.75 Å². The first-order valence-corrected chi connectivity index (χ1v) is 8.33. The molecule has 1 amide bonds. The average molecular weight is 363 g/mol. The first kappa shape index (κ1) is 18.2. The molecule has 0 aliphatic carbocycles. The van der Waals surface area contributed by atoms with Gasteiger partial charge in [0.2, 0.25) is 5.91 Å². The van der Waals surface area contributed by atoms with Crippen LogP contribution in [0.3, 0.4) is 0 Å². The van der Waals surface area contributed by atoms with E-state index < -0.39 is 0 Å². The van der Waals surface area contributed by atoms with E-state index in [1.54, 1.807) is 12.1 Å². The molecule has 0 saturated carbocycles. The average Bonchev–Trinajstić information content (AvgIpc) is 2.49. The number of benzene rings is 2. The van der Waals surface area contributed by atoms with E-state index in [0.717, 1.165) is 17.0 Å². The molecule has 2 aromatic rings. The Labute approximate surface area is 152 Å². The number of thiocarbonyl (C=S) groups is 1. The number of anilines is 1.